The minimum absolute atomic E-state index is 0.0837. The van der Waals surface area contributed by atoms with Crippen molar-refractivity contribution in [1.29, 1.82) is 0 Å². The summed E-state index contributed by atoms with van der Waals surface area (Å²) in [5.41, 5.74) is 5.59. The van der Waals surface area contributed by atoms with E-state index in [-0.39, 0.29) is 24.3 Å². The Bertz CT molecular complexity index is 993. The summed E-state index contributed by atoms with van der Waals surface area (Å²) >= 11 is 0. The van der Waals surface area contributed by atoms with Gasteiger partial charge in [0.1, 0.15) is 0 Å². The van der Waals surface area contributed by atoms with Crippen LogP contribution in [0.3, 0.4) is 0 Å². The van der Waals surface area contributed by atoms with Gasteiger partial charge in [0, 0.05) is 30.1 Å². The van der Waals surface area contributed by atoms with Crippen molar-refractivity contribution in [2.24, 2.45) is 0 Å². The summed E-state index contributed by atoms with van der Waals surface area (Å²) in [6, 6.07) is 15.3. The summed E-state index contributed by atoms with van der Waals surface area (Å²) in [5.74, 6) is -0.646. The second kappa shape index (κ2) is 12.0. The molecule has 33 heavy (non-hydrogen) atoms. The fourth-order valence-corrected chi connectivity index (χ4v) is 3.35. The van der Waals surface area contributed by atoms with Crippen LogP contribution in [0.1, 0.15) is 65.6 Å². The zero-order valence-corrected chi connectivity index (χ0v) is 18.9. The fourth-order valence-electron chi connectivity index (χ4n) is 3.35. The predicted octanol–water partition coefficient (Wildman–Crippen LogP) is 3.61. The lowest BCUT2D eigenvalue weighted by Crippen LogP contribution is -2.26. The van der Waals surface area contributed by atoms with E-state index in [4.69, 9.17) is 5.21 Å². The van der Waals surface area contributed by atoms with Gasteiger partial charge in [-0.25, -0.2) is 5.48 Å². The molecular formula is C26H31N3O4. The number of rotatable bonds is 11. The number of nitrogens with one attached hydrogen (secondary N) is 3. The topological polar surface area (TPSA) is 108 Å². The van der Waals surface area contributed by atoms with Gasteiger partial charge in [0.2, 0.25) is 5.91 Å². The standard InChI is InChI=1S/C26H31N3O4/c1-18-6-10-20(11-7-18)23(26(32)28-22-14-15-22)17-19-8-12-21(13-9-19)25(31)27-16-4-2-3-5-24(30)29-33/h6-13,17,22,33H,2-5,14-16H2,1H3,(H,27,31)(H,28,32)(H,29,30)/b23-17+. The molecule has 4 N–H and O–H groups in total. The molecule has 0 radical (unpaired) electrons. The number of carbonyl (C=O) groups excluding carboxylic acids is 3. The Balaban J connectivity index is 1.59. The molecule has 3 rings (SSSR count). The van der Waals surface area contributed by atoms with Crippen LogP contribution in [0.25, 0.3) is 11.6 Å². The summed E-state index contributed by atoms with van der Waals surface area (Å²) < 4.78 is 0. The average Bonchev–Trinajstić information content (AvgIpc) is 3.64. The molecule has 174 valence electrons. The van der Waals surface area contributed by atoms with Gasteiger partial charge in [0.15, 0.2) is 0 Å². The first-order valence-corrected chi connectivity index (χ1v) is 11.4. The van der Waals surface area contributed by atoms with E-state index in [9.17, 15) is 14.4 Å². The number of aryl methyl sites for hydroxylation is 1. The predicted molar refractivity (Wildman–Crippen MR) is 127 cm³/mol. The van der Waals surface area contributed by atoms with Crippen LogP contribution >= 0.6 is 0 Å². The summed E-state index contributed by atoms with van der Waals surface area (Å²) in [6.07, 6.45) is 6.35. The minimum atomic E-state index is -0.399. The Labute approximate surface area is 194 Å². The second-order valence-corrected chi connectivity index (χ2v) is 8.40. The first kappa shape index (κ1) is 24.2. The Morgan fingerprint density at radius 2 is 1.61 bits per heavy atom. The molecule has 0 aromatic heterocycles. The molecule has 2 aromatic carbocycles. The Morgan fingerprint density at radius 1 is 0.939 bits per heavy atom. The van der Waals surface area contributed by atoms with E-state index in [0.717, 1.165) is 42.4 Å². The molecule has 1 saturated carbocycles. The van der Waals surface area contributed by atoms with Crippen LogP contribution in [0.2, 0.25) is 0 Å². The van der Waals surface area contributed by atoms with Gasteiger partial charge in [-0.05, 0) is 61.9 Å². The highest BCUT2D eigenvalue weighted by atomic mass is 16.5. The Morgan fingerprint density at radius 3 is 2.24 bits per heavy atom. The molecule has 3 amide bonds. The van der Waals surface area contributed by atoms with Crippen molar-refractivity contribution in [3.05, 3.63) is 70.8 Å². The van der Waals surface area contributed by atoms with Crippen molar-refractivity contribution in [1.82, 2.24) is 16.1 Å². The Kier molecular flexibility index (Phi) is 8.78. The highest BCUT2D eigenvalue weighted by molar-refractivity contribution is 6.24. The van der Waals surface area contributed by atoms with Gasteiger partial charge in [0.25, 0.3) is 11.8 Å². The van der Waals surface area contributed by atoms with E-state index >= 15 is 0 Å². The number of benzene rings is 2. The van der Waals surface area contributed by atoms with Crippen LogP contribution < -0.4 is 16.1 Å². The van der Waals surface area contributed by atoms with E-state index in [2.05, 4.69) is 10.6 Å². The van der Waals surface area contributed by atoms with Gasteiger partial charge in [-0.3, -0.25) is 19.6 Å². The molecule has 0 aliphatic heterocycles. The summed E-state index contributed by atoms with van der Waals surface area (Å²) in [7, 11) is 0. The Hall–Kier alpha value is -3.45. The van der Waals surface area contributed by atoms with E-state index in [1.807, 2.05) is 49.4 Å². The fraction of sp³-hybridized carbons (Fsp3) is 0.346. The van der Waals surface area contributed by atoms with E-state index in [1.54, 1.807) is 17.6 Å². The number of hydrogen-bond acceptors (Lipinski definition) is 4. The first-order valence-electron chi connectivity index (χ1n) is 11.4. The molecular weight excluding hydrogens is 418 g/mol. The molecule has 1 fully saturated rings. The van der Waals surface area contributed by atoms with E-state index in [0.29, 0.717) is 24.1 Å². The lowest BCUT2D eigenvalue weighted by molar-refractivity contribution is -0.129. The smallest absolute Gasteiger partial charge is 0.252 e. The van der Waals surface area contributed by atoms with Gasteiger partial charge in [-0.15, -0.1) is 0 Å². The van der Waals surface area contributed by atoms with Crippen LogP contribution in [-0.2, 0) is 9.59 Å². The number of unbranched alkanes of at least 4 members (excludes halogenated alkanes) is 2. The normalized spacial score (nSPS) is 13.3. The van der Waals surface area contributed by atoms with Crippen LogP contribution in [0.4, 0.5) is 0 Å². The van der Waals surface area contributed by atoms with E-state index in [1.165, 1.54) is 0 Å². The molecule has 0 spiro atoms. The molecule has 2 aromatic rings. The monoisotopic (exact) mass is 449 g/mol. The third kappa shape index (κ3) is 7.88. The average molecular weight is 450 g/mol. The van der Waals surface area contributed by atoms with Crippen LogP contribution in [0.5, 0.6) is 0 Å². The maximum absolute atomic E-state index is 12.8. The number of carbonyl (C=O) groups is 3. The minimum Gasteiger partial charge on any atom is -0.352 e. The van der Waals surface area contributed by atoms with E-state index < -0.39 is 5.91 Å². The van der Waals surface area contributed by atoms with Crippen molar-refractivity contribution >= 4 is 29.4 Å². The molecule has 1 aliphatic rings. The highest BCUT2D eigenvalue weighted by Crippen LogP contribution is 2.24. The van der Waals surface area contributed by atoms with Crippen LogP contribution in [0.15, 0.2) is 48.5 Å². The van der Waals surface area contributed by atoms with Gasteiger partial charge < -0.3 is 10.6 Å². The number of amides is 3. The summed E-state index contributed by atoms with van der Waals surface area (Å²) in [5, 5.41) is 14.4. The zero-order chi connectivity index (χ0) is 23.6. The van der Waals surface area contributed by atoms with Crippen molar-refractivity contribution in [2.45, 2.75) is 51.5 Å². The molecule has 0 unspecified atom stereocenters. The van der Waals surface area contributed by atoms with Crippen molar-refractivity contribution in [2.75, 3.05) is 6.54 Å². The highest BCUT2D eigenvalue weighted by Gasteiger charge is 2.25. The lowest BCUT2D eigenvalue weighted by Gasteiger charge is -2.10. The van der Waals surface area contributed by atoms with Crippen LogP contribution in [-0.4, -0.2) is 35.5 Å². The quantitative estimate of drug-likeness (QED) is 0.138. The molecule has 0 saturated heterocycles. The third-order valence-electron chi connectivity index (χ3n) is 5.49. The van der Waals surface area contributed by atoms with Gasteiger partial charge in [-0.2, -0.15) is 0 Å². The SMILES string of the molecule is Cc1ccc(/C(=C\c2ccc(C(=O)NCCCCCC(=O)NO)cc2)C(=O)NC2CC2)cc1. The second-order valence-electron chi connectivity index (χ2n) is 8.40. The van der Waals surface area contributed by atoms with Crippen molar-refractivity contribution < 1.29 is 19.6 Å². The summed E-state index contributed by atoms with van der Waals surface area (Å²) in [6.45, 7) is 2.52. The van der Waals surface area contributed by atoms with Crippen LogP contribution in [0, 0.1) is 6.92 Å². The third-order valence-corrected chi connectivity index (χ3v) is 5.49. The largest absolute Gasteiger partial charge is 0.352 e. The zero-order valence-electron chi connectivity index (χ0n) is 18.9. The maximum atomic E-state index is 12.8. The molecule has 0 atom stereocenters. The van der Waals surface area contributed by atoms with Gasteiger partial charge in [0.05, 0.1) is 0 Å². The first-order chi connectivity index (χ1) is 16.0. The number of hydroxylamine groups is 1. The lowest BCUT2D eigenvalue weighted by atomic mass is 10.00. The molecule has 7 nitrogen and oxygen atoms in total. The molecule has 1 aliphatic carbocycles. The molecule has 7 heteroatoms. The molecule has 0 bridgehead atoms. The number of hydrogen-bond donors (Lipinski definition) is 4. The molecule has 0 heterocycles. The van der Waals surface area contributed by atoms with Crippen molar-refractivity contribution in [3.63, 3.8) is 0 Å². The van der Waals surface area contributed by atoms with Gasteiger partial charge >= 0.3 is 0 Å². The van der Waals surface area contributed by atoms with Gasteiger partial charge in [-0.1, -0.05) is 48.4 Å². The van der Waals surface area contributed by atoms with Crippen molar-refractivity contribution in [3.8, 4) is 0 Å². The summed E-state index contributed by atoms with van der Waals surface area (Å²) in [4.78, 5) is 36.2. The maximum Gasteiger partial charge on any atom is 0.252 e.